The maximum absolute atomic E-state index is 12.5. The zero-order chi connectivity index (χ0) is 17.6. The van der Waals surface area contributed by atoms with Crippen molar-refractivity contribution in [1.29, 1.82) is 0 Å². The van der Waals surface area contributed by atoms with Gasteiger partial charge in [-0.05, 0) is 43.2 Å². The van der Waals surface area contributed by atoms with E-state index in [4.69, 9.17) is 4.42 Å². The van der Waals surface area contributed by atoms with E-state index in [9.17, 15) is 9.59 Å². The van der Waals surface area contributed by atoms with Crippen LogP contribution in [0.2, 0.25) is 0 Å². The first-order valence-corrected chi connectivity index (χ1v) is 8.55. The molecule has 0 unspecified atom stereocenters. The topological polar surface area (TPSA) is 72.2 Å². The number of hydrogen-bond acceptors (Lipinski definition) is 5. The van der Waals surface area contributed by atoms with Crippen LogP contribution in [0.25, 0.3) is 21.2 Å². The third kappa shape index (κ3) is 2.81. The smallest absolute Gasteiger partial charge is 0.293 e. The summed E-state index contributed by atoms with van der Waals surface area (Å²) >= 11 is 1.40. The fourth-order valence-corrected chi connectivity index (χ4v) is 3.71. The van der Waals surface area contributed by atoms with Crippen molar-refractivity contribution in [3.8, 4) is 0 Å². The van der Waals surface area contributed by atoms with Gasteiger partial charge in [-0.2, -0.15) is 0 Å². The molecule has 0 aliphatic carbocycles. The molecule has 0 aliphatic rings. The highest BCUT2D eigenvalue weighted by Gasteiger charge is 2.15. The van der Waals surface area contributed by atoms with Crippen LogP contribution in [0.4, 0.5) is 5.13 Å². The van der Waals surface area contributed by atoms with Gasteiger partial charge < -0.3 is 4.42 Å². The molecule has 0 fully saturated rings. The third-order valence-corrected chi connectivity index (χ3v) is 5.02. The van der Waals surface area contributed by atoms with E-state index < -0.39 is 5.91 Å². The van der Waals surface area contributed by atoms with Crippen LogP contribution in [0.5, 0.6) is 0 Å². The minimum absolute atomic E-state index is 0.0316. The molecule has 4 rings (SSSR count). The molecular weight excluding hydrogens is 336 g/mol. The first kappa shape index (κ1) is 15.5. The molecule has 0 saturated carbocycles. The summed E-state index contributed by atoms with van der Waals surface area (Å²) in [7, 11) is 0. The van der Waals surface area contributed by atoms with Crippen LogP contribution in [-0.2, 0) is 0 Å². The van der Waals surface area contributed by atoms with Gasteiger partial charge in [-0.15, -0.1) is 0 Å². The average molecular weight is 350 g/mol. The molecule has 0 spiro atoms. The number of benzene rings is 2. The summed E-state index contributed by atoms with van der Waals surface area (Å²) < 4.78 is 6.59. The summed E-state index contributed by atoms with van der Waals surface area (Å²) in [6.07, 6.45) is 0. The largest absolute Gasteiger partial charge is 0.451 e. The number of amides is 1. The monoisotopic (exact) mass is 350 g/mol. The molecule has 2 heterocycles. The number of rotatable bonds is 2. The third-order valence-electron chi connectivity index (χ3n) is 3.90. The molecule has 0 aliphatic heterocycles. The number of thiazole rings is 1. The minimum atomic E-state index is -0.490. The van der Waals surface area contributed by atoms with Gasteiger partial charge in [0.1, 0.15) is 5.58 Å². The van der Waals surface area contributed by atoms with Crippen molar-refractivity contribution in [3.63, 3.8) is 0 Å². The van der Waals surface area contributed by atoms with E-state index in [0.29, 0.717) is 16.1 Å². The van der Waals surface area contributed by atoms with Gasteiger partial charge in [0.2, 0.25) is 0 Å². The van der Waals surface area contributed by atoms with Gasteiger partial charge >= 0.3 is 0 Å². The molecule has 6 heteroatoms. The SMILES string of the molecule is Cc1cc(C)c2sc(NC(=O)c3cc(=O)c4ccccc4o3)nc2c1. The number of para-hydroxylation sites is 1. The van der Waals surface area contributed by atoms with Crippen LogP contribution in [0.3, 0.4) is 0 Å². The fourth-order valence-electron chi connectivity index (χ4n) is 2.80. The number of fused-ring (bicyclic) bond motifs is 2. The van der Waals surface area contributed by atoms with Crippen molar-refractivity contribution >= 4 is 43.6 Å². The van der Waals surface area contributed by atoms with Gasteiger partial charge in [0, 0.05) is 6.07 Å². The standard InChI is InChI=1S/C19H14N2O3S/c1-10-7-11(2)17-13(8-10)20-19(25-17)21-18(23)16-9-14(22)12-5-3-4-6-15(12)24-16/h3-9H,1-2H3,(H,20,21,23). The van der Waals surface area contributed by atoms with E-state index in [2.05, 4.69) is 16.4 Å². The predicted octanol–water partition coefficient (Wildman–Crippen LogP) is 4.27. The Hall–Kier alpha value is -2.99. The Bertz CT molecular complexity index is 1190. The Labute approximate surface area is 146 Å². The van der Waals surface area contributed by atoms with Crippen LogP contribution in [-0.4, -0.2) is 10.9 Å². The molecule has 5 nitrogen and oxygen atoms in total. The normalized spacial score (nSPS) is 11.1. The number of hydrogen-bond donors (Lipinski definition) is 1. The molecule has 0 atom stereocenters. The highest BCUT2D eigenvalue weighted by molar-refractivity contribution is 7.22. The van der Waals surface area contributed by atoms with E-state index in [1.54, 1.807) is 24.3 Å². The second-order valence-electron chi connectivity index (χ2n) is 5.87. The van der Waals surface area contributed by atoms with Crippen molar-refractivity contribution in [1.82, 2.24) is 4.98 Å². The quantitative estimate of drug-likeness (QED) is 0.586. The molecule has 2 aromatic heterocycles. The van der Waals surface area contributed by atoms with Gasteiger partial charge in [-0.1, -0.05) is 29.5 Å². The van der Waals surface area contributed by atoms with Crippen molar-refractivity contribution in [3.05, 3.63) is 69.6 Å². The number of nitrogens with zero attached hydrogens (tertiary/aromatic N) is 1. The summed E-state index contributed by atoms with van der Waals surface area (Å²) in [5, 5.41) is 3.65. The van der Waals surface area contributed by atoms with Crippen LogP contribution >= 0.6 is 11.3 Å². The Morgan fingerprint density at radius 1 is 1.16 bits per heavy atom. The van der Waals surface area contributed by atoms with E-state index in [1.807, 2.05) is 19.9 Å². The van der Waals surface area contributed by atoms with Crippen LogP contribution in [0, 0.1) is 13.8 Å². The zero-order valence-corrected chi connectivity index (χ0v) is 14.4. The summed E-state index contributed by atoms with van der Waals surface area (Å²) in [5.41, 5.74) is 3.22. The van der Waals surface area contributed by atoms with E-state index in [-0.39, 0.29) is 11.2 Å². The molecule has 4 aromatic rings. The fraction of sp³-hybridized carbons (Fsp3) is 0.105. The van der Waals surface area contributed by atoms with E-state index >= 15 is 0 Å². The number of carbonyl (C=O) groups excluding carboxylic acids is 1. The second-order valence-corrected chi connectivity index (χ2v) is 6.87. The van der Waals surface area contributed by atoms with Gasteiger partial charge in [0.05, 0.1) is 15.6 Å². The van der Waals surface area contributed by atoms with Gasteiger partial charge in [-0.3, -0.25) is 14.9 Å². The molecular formula is C19H14N2O3S. The predicted molar refractivity (Wildman–Crippen MR) is 99.5 cm³/mol. The molecule has 0 saturated heterocycles. The molecule has 1 amide bonds. The lowest BCUT2D eigenvalue weighted by Crippen LogP contribution is -2.14. The highest BCUT2D eigenvalue weighted by Crippen LogP contribution is 2.30. The number of anilines is 1. The maximum atomic E-state index is 12.5. The Balaban J connectivity index is 1.70. The number of nitrogens with one attached hydrogen (secondary N) is 1. The Kier molecular flexibility index (Phi) is 3.62. The molecule has 0 radical (unpaired) electrons. The molecule has 25 heavy (non-hydrogen) atoms. The van der Waals surface area contributed by atoms with Gasteiger partial charge in [0.15, 0.2) is 16.3 Å². The lowest BCUT2D eigenvalue weighted by atomic mass is 10.1. The van der Waals surface area contributed by atoms with Crippen molar-refractivity contribution < 1.29 is 9.21 Å². The maximum Gasteiger partial charge on any atom is 0.293 e. The van der Waals surface area contributed by atoms with Crippen molar-refractivity contribution in [2.45, 2.75) is 13.8 Å². The molecule has 2 aromatic carbocycles. The van der Waals surface area contributed by atoms with Gasteiger partial charge in [0.25, 0.3) is 5.91 Å². The number of carbonyl (C=O) groups is 1. The lowest BCUT2D eigenvalue weighted by Gasteiger charge is -2.02. The first-order valence-electron chi connectivity index (χ1n) is 7.73. The highest BCUT2D eigenvalue weighted by atomic mass is 32.1. The average Bonchev–Trinajstić information content (AvgIpc) is 2.97. The van der Waals surface area contributed by atoms with Crippen molar-refractivity contribution in [2.75, 3.05) is 5.32 Å². The Morgan fingerprint density at radius 2 is 1.96 bits per heavy atom. The first-order chi connectivity index (χ1) is 12.0. The van der Waals surface area contributed by atoms with Crippen LogP contribution < -0.4 is 10.7 Å². The number of aryl methyl sites for hydroxylation is 2. The van der Waals surface area contributed by atoms with E-state index in [1.165, 1.54) is 17.4 Å². The minimum Gasteiger partial charge on any atom is -0.451 e. The lowest BCUT2D eigenvalue weighted by molar-refractivity contribution is 0.0997. The van der Waals surface area contributed by atoms with Crippen molar-refractivity contribution in [2.24, 2.45) is 0 Å². The van der Waals surface area contributed by atoms with E-state index in [0.717, 1.165) is 21.3 Å². The van der Waals surface area contributed by atoms with Crippen LogP contribution in [0.15, 0.2) is 51.7 Å². The van der Waals surface area contributed by atoms with Crippen LogP contribution in [0.1, 0.15) is 21.7 Å². The molecule has 124 valence electrons. The summed E-state index contributed by atoms with van der Waals surface area (Å²) in [4.78, 5) is 29.0. The second kappa shape index (κ2) is 5.82. The molecule has 1 N–H and O–H groups in total. The summed E-state index contributed by atoms with van der Waals surface area (Å²) in [6, 6.07) is 12.1. The molecule has 0 bridgehead atoms. The Morgan fingerprint density at radius 3 is 2.80 bits per heavy atom. The van der Waals surface area contributed by atoms with Gasteiger partial charge in [-0.25, -0.2) is 4.98 Å². The zero-order valence-electron chi connectivity index (χ0n) is 13.6. The summed E-state index contributed by atoms with van der Waals surface area (Å²) in [6.45, 7) is 4.02. The number of aromatic nitrogens is 1. The summed E-state index contributed by atoms with van der Waals surface area (Å²) in [5.74, 6) is -0.521.